The van der Waals surface area contributed by atoms with Crippen LogP contribution in [0.3, 0.4) is 0 Å². The van der Waals surface area contributed by atoms with E-state index in [9.17, 15) is 4.57 Å². The fourth-order valence-corrected chi connectivity index (χ4v) is 1.98. The second-order valence-corrected chi connectivity index (χ2v) is 3.64. The normalized spacial score (nSPS) is 25.8. The Balaban J connectivity index is 2.13. The molecule has 13 heavy (non-hydrogen) atoms. The van der Waals surface area contributed by atoms with Crippen molar-refractivity contribution in [3.8, 4) is 0 Å². The summed E-state index contributed by atoms with van der Waals surface area (Å²) in [7, 11) is -1.92. The van der Waals surface area contributed by atoms with Crippen molar-refractivity contribution < 1.29 is 13.6 Å². The minimum atomic E-state index is -1.92. The number of nitrogens with zero attached hydrogens (tertiary/aromatic N) is 1. The molecule has 0 radical (unpaired) electrons. The van der Waals surface area contributed by atoms with Gasteiger partial charge in [-0.25, -0.2) is 0 Å². The number of aromatic nitrogens is 1. The molecule has 0 aliphatic carbocycles. The van der Waals surface area contributed by atoms with Gasteiger partial charge in [-0.1, -0.05) is 0 Å². The maximum Gasteiger partial charge on any atom is 0.698 e. The van der Waals surface area contributed by atoms with E-state index in [2.05, 4.69) is 4.98 Å². The molecule has 0 bridgehead atoms. The van der Waals surface area contributed by atoms with Crippen LogP contribution in [0.5, 0.6) is 0 Å². The highest BCUT2D eigenvalue weighted by molar-refractivity contribution is 7.33. The van der Waals surface area contributed by atoms with E-state index in [1.165, 1.54) is 0 Å². The Morgan fingerprint density at radius 3 is 2.92 bits per heavy atom. The van der Waals surface area contributed by atoms with E-state index < -0.39 is 8.25 Å². The molecule has 0 aromatic carbocycles. The lowest BCUT2D eigenvalue weighted by Crippen LogP contribution is -2.09. The van der Waals surface area contributed by atoms with Crippen LogP contribution in [0.4, 0.5) is 0 Å². The topological polar surface area (TPSA) is 48.4 Å². The molecule has 2 heterocycles. The number of pyridine rings is 1. The van der Waals surface area contributed by atoms with Crippen molar-refractivity contribution in [2.24, 2.45) is 0 Å². The highest BCUT2D eigenvalue weighted by Crippen LogP contribution is 2.39. The molecule has 1 fully saturated rings. The molecule has 1 unspecified atom stereocenters. The molecular weight excluding hydrogens is 189 g/mol. The lowest BCUT2D eigenvalue weighted by atomic mass is 10.1. The van der Waals surface area contributed by atoms with Gasteiger partial charge in [-0.3, -0.25) is 4.98 Å². The van der Waals surface area contributed by atoms with Crippen molar-refractivity contribution in [2.75, 3.05) is 6.61 Å². The van der Waals surface area contributed by atoms with Crippen LogP contribution in [-0.2, 0) is 13.6 Å². The first kappa shape index (κ1) is 8.75. The van der Waals surface area contributed by atoms with Crippen LogP contribution in [0, 0.1) is 0 Å². The maximum absolute atomic E-state index is 10.9. The van der Waals surface area contributed by atoms with Crippen LogP contribution in [0.25, 0.3) is 0 Å². The molecule has 4 nitrogen and oxygen atoms in total. The third-order valence-electron chi connectivity index (χ3n) is 1.87. The van der Waals surface area contributed by atoms with Gasteiger partial charge in [0.1, 0.15) is 12.7 Å². The third kappa shape index (κ3) is 2.10. The molecule has 1 aliphatic heterocycles. The Morgan fingerprint density at radius 2 is 2.23 bits per heavy atom. The zero-order valence-corrected chi connectivity index (χ0v) is 7.81. The first-order valence-corrected chi connectivity index (χ1v) is 5.12. The third-order valence-corrected chi connectivity index (χ3v) is 2.69. The minimum absolute atomic E-state index is 0.111. The van der Waals surface area contributed by atoms with E-state index >= 15 is 0 Å². The van der Waals surface area contributed by atoms with Crippen LogP contribution >= 0.6 is 8.25 Å². The summed E-state index contributed by atoms with van der Waals surface area (Å²) in [5.74, 6) is 0. The molecule has 0 spiro atoms. The monoisotopic (exact) mass is 198 g/mol. The summed E-state index contributed by atoms with van der Waals surface area (Å²) in [6.45, 7) is 0.488. The van der Waals surface area contributed by atoms with Gasteiger partial charge in [0.15, 0.2) is 0 Å². The first-order valence-electron chi connectivity index (χ1n) is 4.03. The first-order chi connectivity index (χ1) is 6.36. The van der Waals surface area contributed by atoms with Crippen LogP contribution in [-0.4, -0.2) is 11.6 Å². The van der Waals surface area contributed by atoms with Crippen molar-refractivity contribution in [1.82, 2.24) is 4.98 Å². The highest BCUT2D eigenvalue weighted by Gasteiger charge is 2.33. The summed E-state index contributed by atoms with van der Waals surface area (Å²) in [5.41, 5.74) is 1.00. The molecule has 5 heteroatoms. The summed E-state index contributed by atoms with van der Waals surface area (Å²) in [4.78, 5) is 3.90. The standard InChI is InChI=1S/C8H9NO3P/c10-13-11-6-3-8(12-13)7-1-4-9-5-2-7/h1-2,4-5,8H,3,6H2/q+1/t8-/m1/s1. The maximum atomic E-state index is 10.9. The van der Waals surface area contributed by atoms with Gasteiger partial charge in [-0.15, -0.1) is 9.05 Å². The SMILES string of the molecule is O=[P+]1OCC[C@H](c2ccncc2)O1. The molecule has 1 aromatic heterocycles. The molecule has 1 saturated heterocycles. The van der Waals surface area contributed by atoms with Crippen LogP contribution < -0.4 is 0 Å². The van der Waals surface area contributed by atoms with E-state index in [0.29, 0.717) is 6.61 Å². The summed E-state index contributed by atoms with van der Waals surface area (Å²) < 4.78 is 20.9. The van der Waals surface area contributed by atoms with Gasteiger partial charge >= 0.3 is 8.25 Å². The van der Waals surface area contributed by atoms with Gasteiger partial charge in [0.05, 0.1) is 0 Å². The largest absolute Gasteiger partial charge is 0.698 e. The lowest BCUT2D eigenvalue weighted by molar-refractivity contribution is 0.0968. The molecule has 0 N–H and O–H groups in total. The predicted molar refractivity (Wildman–Crippen MR) is 46.2 cm³/mol. The minimum Gasteiger partial charge on any atom is -0.265 e. The smallest absolute Gasteiger partial charge is 0.265 e. The molecule has 1 aliphatic rings. The van der Waals surface area contributed by atoms with E-state index in [-0.39, 0.29) is 6.10 Å². The lowest BCUT2D eigenvalue weighted by Gasteiger charge is -2.12. The van der Waals surface area contributed by atoms with Crippen molar-refractivity contribution in [1.29, 1.82) is 0 Å². The van der Waals surface area contributed by atoms with Gasteiger partial charge in [-0.05, 0) is 17.7 Å². The van der Waals surface area contributed by atoms with Crippen molar-refractivity contribution in [3.63, 3.8) is 0 Å². The number of hydrogen-bond acceptors (Lipinski definition) is 4. The van der Waals surface area contributed by atoms with E-state index in [4.69, 9.17) is 9.05 Å². The second kappa shape index (κ2) is 3.92. The van der Waals surface area contributed by atoms with Crippen molar-refractivity contribution in [3.05, 3.63) is 30.1 Å². The Kier molecular flexibility index (Phi) is 2.64. The fourth-order valence-electron chi connectivity index (χ4n) is 1.23. The number of rotatable bonds is 1. The summed E-state index contributed by atoms with van der Waals surface area (Å²) in [6.07, 6.45) is 4.02. The van der Waals surface area contributed by atoms with Crippen molar-refractivity contribution in [2.45, 2.75) is 12.5 Å². The van der Waals surface area contributed by atoms with Gasteiger partial charge in [0.25, 0.3) is 0 Å². The summed E-state index contributed by atoms with van der Waals surface area (Å²) >= 11 is 0. The van der Waals surface area contributed by atoms with Gasteiger partial charge in [0.2, 0.25) is 0 Å². The number of hydrogen-bond donors (Lipinski definition) is 0. The summed E-state index contributed by atoms with van der Waals surface area (Å²) in [6, 6.07) is 3.72. The molecule has 0 amide bonds. The average Bonchev–Trinajstić information content (AvgIpc) is 2.19. The molecule has 68 valence electrons. The van der Waals surface area contributed by atoms with Gasteiger partial charge in [0, 0.05) is 23.4 Å². The van der Waals surface area contributed by atoms with Gasteiger partial charge in [-0.2, -0.15) is 0 Å². The Morgan fingerprint density at radius 1 is 1.46 bits per heavy atom. The highest BCUT2D eigenvalue weighted by atomic mass is 31.1. The van der Waals surface area contributed by atoms with Gasteiger partial charge < -0.3 is 0 Å². The molecule has 2 rings (SSSR count). The Labute approximate surface area is 76.8 Å². The molecule has 1 aromatic rings. The Hall–Kier alpha value is -0.830. The quantitative estimate of drug-likeness (QED) is 0.649. The predicted octanol–water partition coefficient (Wildman–Crippen LogP) is 2.22. The Bertz CT molecular complexity index is 304. The molecule has 2 atom stereocenters. The van der Waals surface area contributed by atoms with Crippen LogP contribution in [0.15, 0.2) is 24.5 Å². The van der Waals surface area contributed by atoms with E-state index in [1.54, 1.807) is 12.4 Å². The van der Waals surface area contributed by atoms with E-state index in [0.717, 1.165) is 12.0 Å². The second-order valence-electron chi connectivity index (χ2n) is 2.72. The van der Waals surface area contributed by atoms with E-state index in [1.807, 2.05) is 12.1 Å². The molecular formula is C8H9NO3P+. The van der Waals surface area contributed by atoms with Crippen LogP contribution in [0.1, 0.15) is 18.1 Å². The van der Waals surface area contributed by atoms with Crippen LogP contribution in [0.2, 0.25) is 0 Å². The average molecular weight is 198 g/mol. The zero-order valence-electron chi connectivity index (χ0n) is 6.92. The zero-order chi connectivity index (χ0) is 9.10. The van der Waals surface area contributed by atoms with Crippen molar-refractivity contribution >= 4 is 8.25 Å². The summed E-state index contributed by atoms with van der Waals surface area (Å²) in [5, 5.41) is 0. The fraction of sp³-hybridized carbons (Fsp3) is 0.375. The molecule has 0 saturated carbocycles.